The number of fused-ring (bicyclic) bond motifs is 3. The minimum absolute atomic E-state index is 0.1000. The molecule has 3 heterocycles. The van der Waals surface area contributed by atoms with Gasteiger partial charge in [0.2, 0.25) is 5.75 Å². The summed E-state index contributed by atoms with van der Waals surface area (Å²) in [5.41, 5.74) is 0.271. The van der Waals surface area contributed by atoms with Gasteiger partial charge in [0, 0.05) is 12.7 Å². The highest BCUT2D eigenvalue weighted by molar-refractivity contribution is 5.89. The molecule has 1 atom stereocenters. The van der Waals surface area contributed by atoms with E-state index in [1.165, 1.54) is 6.33 Å². The summed E-state index contributed by atoms with van der Waals surface area (Å²) in [6.45, 7) is 2.05. The van der Waals surface area contributed by atoms with Gasteiger partial charge in [-0.3, -0.25) is 4.79 Å². The Balaban J connectivity index is 1.75. The summed E-state index contributed by atoms with van der Waals surface area (Å²) < 4.78 is 22.7. The lowest BCUT2D eigenvalue weighted by Crippen LogP contribution is -2.21. The van der Waals surface area contributed by atoms with Crippen LogP contribution >= 0.6 is 0 Å². The average molecular weight is 304 g/mol. The molecule has 7 heteroatoms. The van der Waals surface area contributed by atoms with Crippen LogP contribution in [0.5, 0.6) is 17.2 Å². The van der Waals surface area contributed by atoms with Crippen molar-refractivity contribution in [3.8, 4) is 17.2 Å². The van der Waals surface area contributed by atoms with Crippen molar-refractivity contribution >= 4 is 10.9 Å². The fourth-order valence-corrected chi connectivity index (χ4v) is 2.79. The van der Waals surface area contributed by atoms with Gasteiger partial charge in [-0.25, -0.2) is 4.98 Å². The third kappa shape index (κ3) is 2.27. The maximum atomic E-state index is 12.0. The van der Waals surface area contributed by atoms with E-state index in [1.807, 2.05) is 0 Å². The fraction of sp³-hybridized carbons (Fsp3) is 0.467. The number of rotatable bonds is 3. The van der Waals surface area contributed by atoms with Crippen LogP contribution in [0.4, 0.5) is 0 Å². The van der Waals surface area contributed by atoms with Gasteiger partial charge in [-0.05, 0) is 12.8 Å². The molecule has 7 nitrogen and oxygen atoms in total. The van der Waals surface area contributed by atoms with Crippen LogP contribution in [0.25, 0.3) is 10.9 Å². The lowest BCUT2D eigenvalue weighted by atomic mass is 10.2. The maximum Gasteiger partial charge on any atom is 0.262 e. The van der Waals surface area contributed by atoms with Crippen molar-refractivity contribution < 1.29 is 18.9 Å². The van der Waals surface area contributed by atoms with Crippen molar-refractivity contribution in [3.63, 3.8) is 0 Å². The molecule has 1 N–H and O–H groups in total. The number of nitrogens with zero attached hydrogens (tertiary/aromatic N) is 1. The molecule has 1 aromatic carbocycles. The lowest BCUT2D eigenvalue weighted by molar-refractivity contribution is 0.0653. The molecule has 0 saturated carbocycles. The van der Waals surface area contributed by atoms with E-state index in [9.17, 15) is 4.79 Å². The number of benzene rings is 1. The second kappa shape index (κ2) is 5.49. The van der Waals surface area contributed by atoms with Crippen molar-refractivity contribution in [2.24, 2.45) is 0 Å². The molecule has 1 saturated heterocycles. The smallest absolute Gasteiger partial charge is 0.262 e. The molecule has 1 aromatic heterocycles. The first kappa shape index (κ1) is 13.4. The first-order valence-corrected chi connectivity index (χ1v) is 7.37. The van der Waals surface area contributed by atoms with E-state index >= 15 is 0 Å². The van der Waals surface area contributed by atoms with E-state index in [-0.39, 0.29) is 11.7 Å². The van der Waals surface area contributed by atoms with Crippen LogP contribution in [0, 0.1) is 0 Å². The van der Waals surface area contributed by atoms with Crippen molar-refractivity contribution in [1.82, 2.24) is 9.97 Å². The molecule has 4 rings (SSSR count). The van der Waals surface area contributed by atoms with Crippen LogP contribution in [0.1, 0.15) is 12.8 Å². The van der Waals surface area contributed by atoms with Gasteiger partial charge in [-0.1, -0.05) is 0 Å². The van der Waals surface area contributed by atoms with Crippen molar-refractivity contribution in [2.75, 3.05) is 26.4 Å². The zero-order chi connectivity index (χ0) is 14.9. The van der Waals surface area contributed by atoms with E-state index in [4.69, 9.17) is 18.9 Å². The second-order valence-electron chi connectivity index (χ2n) is 5.30. The first-order valence-electron chi connectivity index (χ1n) is 7.37. The van der Waals surface area contributed by atoms with Gasteiger partial charge in [0.05, 0.1) is 17.9 Å². The van der Waals surface area contributed by atoms with Gasteiger partial charge < -0.3 is 23.9 Å². The van der Waals surface area contributed by atoms with E-state index in [0.29, 0.717) is 48.0 Å². The molecular formula is C15H16N2O5. The highest BCUT2D eigenvalue weighted by Gasteiger charge is 2.25. The van der Waals surface area contributed by atoms with Crippen LogP contribution in [-0.4, -0.2) is 42.5 Å². The van der Waals surface area contributed by atoms with Crippen molar-refractivity contribution in [3.05, 3.63) is 22.7 Å². The molecule has 116 valence electrons. The Kier molecular flexibility index (Phi) is 3.34. The number of hydrogen-bond acceptors (Lipinski definition) is 6. The Morgan fingerprint density at radius 2 is 2.14 bits per heavy atom. The van der Waals surface area contributed by atoms with Crippen LogP contribution < -0.4 is 19.8 Å². The highest BCUT2D eigenvalue weighted by Crippen LogP contribution is 2.43. The van der Waals surface area contributed by atoms with Crippen LogP contribution in [0.3, 0.4) is 0 Å². The molecule has 0 amide bonds. The van der Waals surface area contributed by atoms with Crippen LogP contribution in [-0.2, 0) is 4.74 Å². The normalized spacial score (nSPS) is 20.3. The Morgan fingerprint density at radius 3 is 2.95 bits per heavy atom. The zero-order valence-electron chi connectivity index (χ0n) is 12.0. The number of hydrogen-bond donors (Lipinski definition) is 1. The summed E-state index contributed by atoms with van der Waals surface area (Å²) in [5.74, 6) is 1.41. The maximum absolute atomic E-state index is 12.0. The minimum atomic E-state index is -0.252. The molecule has 0 radical (unpaired) electrons. The molecule has 2 aromatic rings. The largest absolute Gasteiger partial charge is 0.487 e. The Labute approximate surface area is 126 Å². The monoisotopic (exact) mass is 304 g/mol. The van der Waals surface area contributed by atoms with Crippen molar-refractivity contribution in [2.45, 2.75) is 18.9 Å². The molecule has 1 unspecified atom stereocenters. The Hall–Kier alpha value is -2.28. The summed E-state index contributed by atoms with van der Waals surface area (Å²) >= 11 is 0. The molecule has 1 fully saturated rings. The summed E-state index contributed by atoms with van der Waals surface area (Å²) in [6.07, 6.45) is 3.51. The van der Waals surface area contributed by atoms with Gasteiger partial charge in [0.1, 0.15) is 25.2 Å². The number of nitrogens with one attached hydrogen (secondary N) is 1. The molecule has 2 aliphatic heterocycles. The van der Waals surface area contributed by atoms with E-state index in [1.54, 1.807) is 6.07 Å². The molecule has 0 bridgehead atoms. The van der Waals surface area contributed by atoms with Gasteiger partial charge in [-0.2, -0.15) is 0 Å². The minimum Gasteiger partial charge on any atom is -0.487 e. The van der Waals surface area contributed by atoms with Gasteiger partial charge in [-0.15, -0.1) is 0 Å². The predicted octanol–water partition coefficient (Wildman–Crippen LogP) is 1.25. The van der Waals surface area contributed by atoms with E-state index < -0.39 is 0 Å². The van der Waals surface area contributed by atoms with Crippen LogP contribution in [0.15, 0.2) is 17.2 Å². The molecule has 0 spiro atoms. The van der Waals surface area contributed by atoms with Gasteiger partial charge in [0.15, 0.2) is 11.5 Å². The van der Waals surface area contributed by atoms with Gasteiger partial charge >= 0.3 is 0 Å². The summed E-state index contributed by atoms with van der Waals surface area (Å²) in [5, 5.41) is 0.390. The lowest BCUT2D eigenvalue weighted by Gasteiger charge is -2.22. The predicted molar refractivity (Wildman–Crippen MR) is 77.8 cm³/mol. The third-order valence-corrected chi connectivity index (χ3v) is 3.83. The van der Waals surface area contributed by atoms with E-state index in [0.717, 1.165) is 19.4 Å². The number of H-pyrrole nitrogens is 1. The summed E-state index contributed by atoms with van der Waals surface area (Å²) in [6, 6.07) is 1.72. The molecule has 22 heavy (non-hydrogen) atoms. The third-order valence-electron chi connectivity index (χ3n) is 3.83. The molecule has 2 aliphatic rings. The number of ether oxygens (including phenoxy) is 4. The van der Waals surface area contributed by atoms with Crippen molar-refractivity contribution in [1.29, 1.82) is 0 Å². The summed E-state index contributed by atoms with van der Waals surface area (Å²) in [4.78, 5) is 18.8. The van der Waals surface area contributed by atoms with Gasteiger partial charge in [0.25, 0.3) is 5.56 Å². The summed E-state index contributed by atoms with van der Waals surface area (Å²) in [7, 11) is 0. The average Bonchev–Trinajstić information content (AvgIpc) is 3.06. The highest BCUT2D eigenvalue weighted by atomic mass is 16.6. The standard InChI is InChI=1S/C15H16N2O5/c18-15-12-10(16-8-17-15)6-11(13-14(12)21-5-4-20-13)22-7-9-2-1-3-19-9/h6,8-9H,1-5,7H2,(H,16,17,18). The zero-order valence-corrected chi connectivity index (χ0v) is 12.0. The number of aromatic nitrogens is 2. The fourth-order valence-electron chi connectivity index (χ4n) is 2.79. The Morgan fingerprint density at radius 1 is 1.27 bits per heavy atom. The molecular weight excluding hydrogens is 288 g/mol. The SMILES string of the molecule is O=c1[nH]cnc2cc(OCC3CCCO3)c3c(c12)OCCO3. The molecule has 0 aliphatic carbocycles. The number of aromatic amines is 1. The second-order valence-corrected chi connectivity index (χ2v) is 5.30. The quantitative estimate of drug-likeness (QED) is 0.919. The topological polar surface area (TPSA) is 82.7 Å². The van der Waals surface area contributed by atoms with E-state index in [2.05, 4.69) is 9.97 Å². The Bertz CT molecular complexity index is 751. The van der Waals surface area contributed by atoms with Crippen LogP contribution in [0.2, 0.25) is 0 Å². The first-order chi connectivity index (χ1) is 10.8.